The number of aliphatic hydroxyl groups excluding tert-OH is 2. The zero-order valence-corrected chi connectivity index (χ0v) is 62.8. The van der Waals surface area contributed by atoms with Crippen LogP contribution in [0.15, 0.2) is 24.3 Å². The van der Waals surface area contributed by atoms with E-state index in [9.17, 15) is 19.8 Å². The van der Waals surface area contributed by atoms with Gasteiger partial charge in [-0.05, 0) is 57.8 Å². The maximum Gasteiger partial charge on any atom is 0.305 e. The van der Waals surface area contributed by atoms with Gasteiger partial charge in [0.05, 0.1) is 25.4 Å². The summed E-state index contributed by atoms with van der Waals surface area (Å²) in [5, 5.41) is 23.3. The Morgan fingerprint density at radius 1 is 0.293 bits per heavy atom. The van der Waals surface area contributed by atoms with Gasteiger partial charge in [-0.15, -0.1) is 0 Å². The molecule has 0 heterocycles. The fourth-order valence-electron chi connectivity index (χ4n) is 13.8. The molecule has 0 saturated carbocycles. The summed E-state index contributed by atoms with van der Waals surface area (Å²) >= 11 is 0. The van der Waals surface area contributed by atoms with E-state index in [4.69, 9.17) is 4.74 Å². The van der Waals surface area contributed by atoms with Crippen LogP contribution in [0.4, 0.5) is 0 Å². The van der Waals surface area contributed by atoms with E-state index in [0.29, 0.717) is 19.4 Å². The minimum atomic E-state index is -0.843. The molecule has 6 heteroatoms. The summed E-state index contributed by atoms with van der Waals surface area (Å²) < 4.78 is 5.52. The lowest BCUT2D eigenvalue weighted by molar-refractivity contribution is -0.143. The summed E-state index contributed by atoms with van der Waals surface area (Å²) in [4.78, 5) is 24.7. The number of carbonyl (C=O) groups excluding carboxylic acids is 2. The van der Waals surface area contributed by atoms with Crippen molar-refractivity contribution < 1.29 is 24.5 Å². The zero-order valence-electron chi connectivity index (χ0n) is 62.8. The Kier molecular flexibility index (Phi) is 80.3. The highest BCUT2D eigenvalue weighted by Gasteiger charge is 2.18. The maximum absolute atomic E-state index is 12.6. The number of ether oxygens (including phenoxy) is 1. The van der Waals surface area contributed by atoms with Crippen molar-refractivity contribution in [3.05, 3.63) is 24.3 Å². The molecule has 0 saturated heterocycles. The second kappa shape index (κ2) is 81.8. The lowest BCUT2D eigenvalue weighted by Gasteiger charge is -2.20. The summed E-state index contributed by atoms with van der Waals surface area (Å²) in [5.41, 5.74) is 0. The van der Waals surface area contributed by atoms with Gasteiger partial charge in [-0.2, -0.15) is 0 Å². The number of carbonyl (C=O) groups is 2. The molecule has 0 fully saturated rings. The molecule has 0 aliphatic heterocycles. The number of allylic oxidation sites excluding steroid dienone is 3. The van der Waals surface area contributed by atoms with Crippen molar-refractivity contribution in [2.75, 3.05) is 13.2 Å². The third-order valence-electron chi connectivity index (χ3n) is 20.2. The van der Waals surface area contributed by atoms with Crippen LogP contribution in [-0.2, 0) is 14.3 Å². The van der Waals surface area contributed by atoms with Crippen LogP contribution in [0.1, 0.15) is 489 Å². The Bertz CT molecular complexity index is 1450. The number of aliphatic hydroxyl groups is 2. The number of esters is 1. The van der Waals surface area contributed by atoms with Crippen LogP contribution in [0.3, 0.4) is 0 Å². The van der Waals surface area contributed by atoms with E-state index >= 15 is 0 Å². The van der Waals surface area contributed by atoms with Gasteiger partial charge in [0.15, 0.2) is 0 Å². The number of hydrogen-bond donors (Lipinski definition) is 3. The minimum Gasteiger partial charge on any atom is -0.466 e. The molecule has 0 rings (SSSR count). The van der Waals surface area contributed by atoms with E-state index in [-0.39, 0.29) is 18.5 Å². The maximum atomic E-state index is 12.6. The molecule has 2 unspecified atom stereocenters. The Morgan fingerprint density at radius 3 is 0.772 bits per heavy atom. The van der Waals surface area contributed by atoms with Crippen molar-refractivity contribution in [1.29, 1.82) is 0 Å². The van der Waals surface area contributed by atoms with E-state index < -0.39 is 12.1 Å². The molecule has 0 bridgehead atoms. The molecule has 6 nitrogen and oxygen atoms in total. The molecule has 2 atom stereocenters. The summed E-state index contributed by atoms with van der Waals surface area (Å²) in [6.07, 6.45) is 106. The SMILES string of the molecule is CCCCCCCCC/C=C\CCCCCCCCCC(=O)OCCCCCCCCCCCCCCCCCCCCCCCCCCCCCCCCCCCC(=O)NC(CO)C(O)/C=C/CCCCCCCCCCCCCCCCCCCCCCCC. The second-order valence-electron chi connectivity index (χ2n) is 29.5. The number of amides is 1. The molecule has 0 radical (unpaired) electrons. The van der Waals surface area contributed by atoms with Crippen molar-refractivity contribution in [3.8, 4) is 0 Å². The molecule has 0 aromatic heterocycles. The molecular formula is C86H167NO5. The zero-order chi connectivity index (χ0) is 66.3. The normalized spacial score (nSPS) is 12.5. The van der Waals surface area contributed by atoms with Crippen LogP contribution in [-0.4, -0.2) is 47.4 Å². The first-order valence-electron chi connectivity index (χ1n) is 42.6. The van der Waals surface area contributed by atoms with Gasteiger partial charge in [0.2, 0.25) is 5.91 Å². The van der Waals surface area contributed by atoms with Crippen molar-refractivity contribution in [1.82, 2.24) is 5.32 Å². The van der Waals surface area contributed by atoms with Gasteiger partial charge in [0.25, 0.3) is 0 Å². The quantitative estimate of drug-likeness (QED) is 0.0320. The summed E-state index contributed by atoms with van der Waals surface area (Å²) in [6, 6.07) is -0.626. The van der Waals surface area contributed by atoms with Gasteiger partial charge in [-0.25, -0.2) is 0 Å². The summed E-state index contributed by atoms with van der Waals surface area (Å²) in [6.45, 7) is 4.96. The highest BCUT2D eigenvalue weighted by molar-refractivity contribution is 5.76. The van der Waals surface area contributed by atoms with E-state index in [1.54, 1.807) is 6.08 Å². The summed E-state index contributed by atoms with van der Waals surface area (Å²) in [7, 11) is 0. The van der Waals surface area contributed by atoms with Crippen LogP contribution in [0.2, 0.25) is 0 Å². The lowest BCUT2D eigenvalue weighted by atomic mass is 10.0. The van der Waals surface area contributed by atoms with Crippen molar-refractivity contribution >= 4 is 11.9 Å². The van der Waals surface area contributed by atoms with Gasteiger partial charge in [0.1, 0.15) is 0 Å². The molecule has 92 heavy (non-hydrogen) atoms. The molecule has 0 spiro atoms. The smallest absolute Gasteiger partial charge is 0.305 e. The van der Waals surface area contributed by atoms with E-state index in [2.05, 4.69) is 31.3 Å². The van der Waals surface area contributed by atoms with Crippen molar-refractivity contribution in [2.45, 2.75) is 501 Å². The van der Waals surface area contributed by atoms with Gasteiger partial charge in [-0.3, -0.25) is 9.59 Å². The second-order valence-corrected chi connectivity index (χ2v) is 29.5. The average molecular weight is 1300 g/mol. The predicted molar refractivity (Wildman–Crippen MR) is 407 cm³/mol. The van der Waals surface area contributed by atoms with Gasteiger partial charge in [-0.1, -0.05) is 443 Å². The first kappa shape index (κ1) is 90.3. The molecule has 0 aromatic rings. The third-order valence-corrected chi connectivity index (χ3v) is 20.2. The topological polar surface area (TPSA) is 95.9 Å². The highest BCUT2D eigenvalue weighted by atomic mass is 16.5. The Labute approximate surface area is 577 Å². The van der Waals surface area contributed by atoms with Crippen LogP contribution in [0, 0.1) is 0 Å². The fourth-order valence-corrected chi connectivity index (χ4v) is 13.8. The van der Waals surface area contributed by atoms with Gasteiger partial charge in [0, 0.05) is 12.8 Å². The molecule has 1 amide bonds. The summed E-state index contributed by atoms with van der Waals surface area (Å²) in [5.74, 6) is -0.0376. The third kappa shape index (κ3) is 77.3. The highest BCUT2D eigenvalue weighted by Crippen LogP contribution is 2.21. The van der Waals surface area contributed by atoms with E-state index in [1.165, 1.54) is 424 Å². The standard InChI is InChI=1S/C86H167NO5/c1-3-5-7-9-11-13-15-17-19-21-23-24-25-37-40-43-46-50-54-58-62-66-70-74-78-84(89)83(82-88)87-85(90)79-75-71-67-63-59-55-51-47-44-41-38-35-33-31-29-27-26-28-30-32-34-36-39-42-45-49-53-57-61-65-69-73-77-81-92-86(91)80-76-72-68-64-60-56-52-48-22-20-18-16-14-12-10-8-6-4-2/h20,22,74,78,83-84,88-89H,3-19,21,23-73,75-77,79-82H2,1-2H3,(H,87,90)/b22-20-,78-74+. The Morgan fingerprint density at radius 2 is 0.511 bits per heavy atom. The lowest BCUT2D eigenvalue weighted by Crippen LogP contribution is -2.45. The van der Waals surface area contributed by atoms with E-state index in [1.807, 2.05) is 6.08 Å². The van der Waals surface area contributed by atoms with E-state index in [0.717, 1.165) is 38.5 Å². The minimum absolute atomic E-state index is 0.0198. The molecule has 0 aliphatic rings. The first-order chi connectivity index (χ1) is 45.5. The van der Waals surface area contributed by atoms with Crippen molar-refractivity contribution in [2.24, 2.45) is 0 Å². The van der Waals surface area contributed by atoms with Crippen LogP contribution in [0.25, 0.3) is 0 Å². The van der Waals surface area contributed by atoms with Gasteiger partial charge < -0.3 is 20.3 Å². The molecule has 546 valence electrons. The molecule has 0 aliphatic carbocycles. The van der Waals surface area contributed by atoms with Crippen molar-refractivity contribution in [3.63, 3.8) is 0 Å². The number of rotatable bonds is 81. The average Bonchev–Trinajstić information content (AvgIpc) is 3.77. The molecular weight excluding hydrogens is 1130 g/mol. The largest absolute Gasteiger partial charge is 0.466 e. The first-order valence-corrected chi connectivity index (χ1v) is 42.6. The van der Waals surface area contributed by atoms with Crippen LogP contribution in [0.5, 0.6) is 0 Å². The van der Waals surface area contributed by atoms with Crippen LogP contribution < -0.4 is 5.32 Å². The number of nitrogens with one attached hydrogen (secondary N) is 1. The van der Waals surface area contributed by atoms with Gasteiger partial charge >= 0.3 is 5.97 Å². The fraction of sp³-hybridized carbons (Fsp3) is 0.930. The molecule has 0 aromatic carbocycles. The number of unbranched alkanes of at least 4 members (excludes halogenated alkanes) is 68. The predicted octanol–water partition coefficient (Wildman–Crippen LogP) is 28.4. The Hall–Kier alpha value is -1.66. The monoisotopic (exact) mass is 1290 g/mol. The molecule has 3 N–H and O–H groups in total. The number of hydrogen-bond acceptors (Lipinski definition) is 5. The Balaban J connectivity index is 3.34. The van der Waals surface area contributed by atoms with Crippen LogP contribution >= 0.6 is 0 Å².